The molecule has 0 aromatic heterocycles. The first kappa shape index (κ1) is 24.3. The fraction of sp³-hybridized carbons (Fsp3) is 0.407. The molecule has 2 aliphatic rings. The smallest absolute Gasteiger partial charge is 0.303 e. The number of fused-ring (bicyclic) bond motifs is 2. The Balaban J connectivity index is 1.55. The van der Waals surface area contributed by atoms with Gasteiger partial charge >= 0.3 is 5.97 Å². The van der Waals surface area contributed by atoms with Crippen LogP contribution in [0.2, 0.25) is 0 Å². The number of amides is 2. The van der Waals surface area contributed by atoms with Crippen molar-refractivity contribution in [3.05, 3.63) is 58.7 Å². The van der Waals surface area contributed by atoms with Crippen LogP contribution in [0.25, 0.3) is 0 Å². The zero-order valence-electron chi connectivity index (χ0n) is 19.9. The van der Waals surface area contributed by atoms with E-state index < -0.39 is 5.97 Å². The van der Waals surface area contributed by atoms with E-state index in [-0.39, 0.29) is 35.6 Å². The van der Waals surface area contributed by atoms with Gasteiger partial charge in [0.05, 0.1) is 18.2 Å². The fourth-order valence-corrected chi connectivity index (χ4v) is 4.86. The standard InChI is InChI=1S/C27H29N3O5/c1-16(2)29-25(33)19-8-9-23-20(13-19)27(10-11-35-23)14-21(27)26(34)30-22-12-17(15-28)6-7-18(22)4-3-5-24(31)32/h6-9,12-13,16,21H,3-5,10-11,14H2,1-2H3,(H,29,33)(H,30,34)(H,31,32)/t21-,27-/m0/s1. The number of carboxylic acids is 1. The summed E-state index contributed by atoms with van der Waals surface area (Å²) in [5.41, 5.74) is 2.79. The number of carbonyl (C=O) groups is 3. The van der Waals surface area contributed by atoms with E-state index in [1.165, 1.54) is 0 Å². The van der Waals surface area contributed by atoms with Crippen molar-refractivity contribution in [3.63, 3.8) is 0 Å². The number of nitriles is 1. The first-order chi connectivity index (χ1) is 16.7. The summed E-state index contributed by atoms with van der Waals surface area (Å²) in [6, 6.07) is 12.5. The lowest BCUT2D eigenvalue weighted by Crippen LogP contribution is -2.31. The van der Waals surface area contributed by atoms with Crippen molar-refractivity contribution in [2.75, 3.05) is 11.9 Å². The second-order valence-electron chi connectivity index (χ2n) is 9.57. The minimum Gasteiger partial charge on any atom is -0.493 e. The Hall–Kier alpha value is -3.86. The monoisotopic (exact) mass is 475 g/mol. The van der Waals surface area contributed by atoms with Crippen LogP contribution in [-0.2, 0) is 21.4 Å². The molecule has 1 heterocycles. The van der Waals surface area contributed by atoms with Crippen LogP contribution in [0.1, 0.15) is 66.6 Å². The molecule has 8 heteroatoms. The van der Waals surface area contributed by atoms with Gasteiger partial charge in [-0.2, -0.15) is 5.26 Å². The van der Waals surface area contributed by atoms with Crippen molar-refractivity contribution in [2.45, 2.75) is 57.4 Å². The van der Waals surface area contributed by atoms with E-state index >= 15 is 0 Å². The fourth-order valence-electron chi connectivity index (χ4n) is 4.86. The first-order valence-electron chi connectivity index (χ1n) is 11.9. The first-order valence-corrected chi connectivity index (χ1v) is 11.9. The molecule has 1 spiro atoms. The second kappa shape index (κ2) is 9.79. The van der Waals surface area contributed by atoms with E-state index in [4.69, 9.17) is 9.84 Å². The third-order valence-electron chi connectivity index (χ3n) is 6.73. The minimum atomic E-state index is -0.871. The van der Waals surface area contributed by atoms with Crippen molar-refractivity contribution < 1.29 is 24.2 Å². The van der Waals surface area contributed by atoms with E-state index in [0.29, 0.717) is 54.9 Å². The number of anilines is 1. The number of aliphatic carboxylic acids is 1. The van der Waals surface area contributed by atoms with Crippen molar-refractivity contribution in [3.8, 4) is 11.8 Å². The number of aryl methyl sites for hydroxylation is 1. The Morgan fingerprint density at radius 3 is 2.74 bits per heavy atom. The Labute approximate surface area is 204 Å². The topological polar surface area (TPSA) is 129 Å². The SMILES string of the molecule is CC(C)NC(=O)c1ccc2c(c1)[C@]1(CCO2)C[C@H]1C(=O)Nc1cc(C#N)ccc1CCCC(=O)O. The molecule has 182 valence electrons. The van der Waals surface area contributed by atoms with Gasteiger partial charge in [-0.3, -0.25) is 14.4 Å². The molecule has 1 fully saturated rings. The van der Waals surface area contributed by atoms with Crippen LogP contribution in [0.3, 0.4) is 0 Å². The largest absolute Gasteiger partial charge is 0.493 e. The number of nitrogens with zero attached hydrogens (tertiary/aromatic N) is 1. The van der Waals surface area contributed by atoms with Gasteiger partial charge < -0.3 is 20.5 Å². The Morgan fingerprint density at radius 1 is 1.23 bits per heavy atom. The maximum Gasteiger partial charge on any atom is 0.303 e. The molecule has 3 N–H and O–H groups in total. The molecule has 4 rings (SSSR count). The molecule has 2 amide bonds. The lowest BCUT2D eigenvalue weighted by molar-refractivity contribution is -0.137. The number of ether oxygens (including phenoxy) is 1. The molecule has 1 saturated carbocycles. The number of hydrogen-bond acceptors (Lipinski definition) is 5. The van der Waals surface area contributed by atoms with Crippen LogP contribution >= 0.6 is 0 Å². The molecule has 2 atom stereocenters. The van der Waals surface area contributed by atoms with Crippen molar-refractivity contribution >= 4 is 23.5 Å². The van der Waals surface area contributed by atoms with Gasteiger partial charge in [0, 0.05) is 40.6 Å². The summed E-state index contributed by atoms with van der Waals surface area (Å²) in [5.74, 6) is -0.766. The predicted molar refractivity (Wildman–Crippen MR) is 129 cm³/mol. The molecule has 0 radical (unpaired) electrons. The molecule has 2 aromatic rings. The number of carboxylic acid groups (broad SMARTS) is 1. The highest BCUT2D eigenvalue weighted by Crippen LogP contribution is 2.61. The third-order valence-corrected chi connectivity index (χ3v) is 6.73. The van der Waals surface area contributed by atoms with Crippen LogP contribution in [0.5, 0.6) is 5.75 Å². The van der Waals surface area contributed by atoms with E-state index in [0.717, 1.165) is 11.1 Å². The second-order valence-corrected chi connectivity index (χ2v) is 9.57. The van der Waals surface area contributed by atoms with Gasteiger partial charge in [-0.1, -0.05) is 6.07 Å². The molecular formula is C27H29N3O5. The molecule has 0 saturated heterocycles. The summed E-state index contributed by atoms with van der Waals surface area (Å²) >= 11 is 0. The Bertz CT molecular complexity index is 1220. The predicted octanol–water partition coefficient (Wildman–Crippen LogP) is 3.78. The van der Waals surface area contributed by atoms with E-state index in [1.807, 2.05) is 19.9 Å². The number of rotatable bonds is 8. The Kier molecular flexibility index (Phi) is 6.79. The summed E-state index contributed by atoms with van der Waals surface area (Å²) in [6.45, 7) is 4.30. The van der Waals surface area contributed by atoms with Gasteiger partial charge in [0.2, 0.25) is 5.91 Å². The van der Waals surface area contributed by atoms with Gasteiger partial charge in [-0.15, -0.1) is 0 Å². The zero-order valence-corrected chi connectivity index (χ0v) is 19.9. The normalized spacial score (nSPS) is 19.9. The number of nitrogens with one attached hydrogen (secondary N) is 2. The van der Waals surface area contributed by atoms with E-state index in [9.17, 15) is 19.6 Å². The van der Waals surface area contributed by atoms with Crippen LogP contribution in [0, 0.1) is 17.2 Å². The highest BCUT2D eigenvalue weighted by atomic mass is 16.5. The lowest BCUT2D eigenvalue weighted by atomic mass is 9.86. The summed E-state index contributed by atoms with van der Waals surface area (Å²) in [6.07, 6.45) is 2.27. The Morgan fingerprint density at radius 2 is 2.03 bits per heavy atom. The van der Waals surface area contributed by atoms with Gasteiger partial charge in [-0.05, 0) is 75.4 Å². The number of carbonyl (C=O) groups excluding carboxylic acids is 2. The number of benzene rings is 2. The van der Waals surface area contributed by atoms with Crippen molar-refractivity contribution in [1.82, 2.24) is 5.32 Å². The minimum absolute atomic E-state index is 0.0112. The van der Waals surface area contributed by atoms with E-state index in [1.54, 1.807) is 30.3 Å². The van der Waals surface area contributed by atoms with Crippen molar-refractivity contribution in [2.24, 2.45) is 5.92 Å². The van der Waals surface area contributed by atoms with Gasteiger partial charge in [0.15, 0.2) is 0 Å². The summed E-state index contributed by atoms with van der Waals surface area (Å²) in [7, 11) is 0. The molecule has 0 unspecified atom stereocenters. The van der Waals surface area contributed by atoms with Crippen molar-refractivity contribution in [1.29, 1.82) is 5.26 Å². The molecule has 8 nitrogen and oxygen atoms in total. The highest BCUT2D eigenvalue weighted by Gasteiger charge is 2.61. The third kappa shape index (κ3) is 5.14. The zero-order chi connectivity index (χ0) is 25.2. The number of hydrogen-bond donors (Lipinski definition) is 3. The molecule has 35 heavy (non-hydrogen) atoms. The lowest BCUT2D eigenvalue weighted by Gasteiger charge is -2.27. The molecule has 1 aliphatic heterocycles. The van der Waals surface area contributed by atoms with Gasteiger partial charge in [-0.25, -0.2) is 0 Å². The molecular weight excluding hydrogens is 446 g/mol. The van der Waals surface area contributed by atoms with Crippen LogP contribution in [0.4, 0.5) is 5.69 Å². The van der Waals surface area contributed by atoms with Crippen LogP contribution < -0.4 is 15.4 Å². The van der Waals surface area contributed by atoms with Crippen LogP contribution in [-0.4, -0.2) is 35.5 Å². The van der Waals surface area contributed by atoms with E-state index in [2.05, 4.69) is 16.7 Å². The average Bonchev–Trinajstić information content (AvgIpc) is 3.54. The molecule has 2 aromatic carbocycles. The summed E-state index contributed by atoms with van der Waals surface area (Å²) < 4.78 is 5.83. The molecule has 0 bridgehead atoms. The molecule has 1 aliphatic carbocycles. The maximum atomic E-state index is 13.3. The highest BCUT2D eigenvalue weighted by molar-refractivity contribution is 5.98. The summed E-state index contributed by atoms with van der Waals surface area (Å²) in [5, 5.41) is 24.1. The quantitative estimate of drug-likeness (QED) is 0.533. The maximum absolute atomic E-state index is 13.3. The summed E-state index contributed by atoms with van der Waals surface area (Å²) in [4.78, 5) is 36.8. The van der Waals surface area contributed by atoms with Gasteiger partial charge in [0.1, 0.15) is 5.75 Å². The van der Waals surface area contributed by atoms with Gasteiger partial charge in [0.25, 0.3) is 5.91 Å². The average molecular weight is 476 g/mol. The van der Waals surface area contributed by atoms with Crippen LogP contribution in [0.15, 0.2) is 36.4 Å².